The number of benzene rings is 1. The SMILES string of the molecule is COc1ccccc1Nc1cc(N2CCN(C)CC2)nc(SC)n1. The number of nitrogens with zero attached hydrogens (tertiary/aromatic N) is 4. The number of hydrogen-bond acceptors (Lipinski definition) is 7. The molecule has 0 amide bonds. The Morgan fingerprint density at radius 3 is 2.58 bits per heavy atom. The van der Waals surface area contributed by atoms with Gasteiger partial charge in [0.15, 0.2) is 5.16 Å². The van der Waals surface area contributed by atoms with Crippen LogP contribution >= 0.6 is 11.8 Å². The first-order valence-electron chi connectivity index (χ1n) is 7.96. The van der Waals surface area contributed by atoms with Crippen LogP contribution in [0.4, 0.5) is 17.3 Å². The molecule has 2 aromatic rings. The molecule has 0 atom stereocenters. The van der Waals surface area contributed by atoms with E-state index in [1.54, 1.807) is 18.9 Å². The van der Waals surface area contributed by atoms with E-state index in [1.165, 1.54) is 0 Å². The van der Waals surface area contributed by atoms with Crippen molar-refractivity contribution in [2.24, 2.45) is 0 Å². The maximum absolute atomic E-state index is 5.41. The molecule has 1 aromatic carbocycles. The van der Waals surface area contributed by atoms with Crippen molar-refractivity contribution < 1.29 is 4.74 Å². The number of aromatic nitrogens is 2. The largest absolute Gasteiger partial charge is 0.495 e. The lowest BCUT2D eigenvalue weighted by molar-refractivity contribution is 0.312. The van der Waals surface area contributed by atoms with E-state index in [4.69, 9.17) is 4.74 Å². The monoisotopic (exact) mass is 345 g/mol. The minimum absolute atomic E-state index is 0.767. The van der Waals surface area contributed by atoms with Crippen molar-refractivity contribution in [2.75, 3.05) is 56.8 Å². The molecule has 128 valence electrons. The maximum atomic E-state index is 5.41. The molecule has 0 bridgehead atoms. The zero-order valence-corrected chi connectivity index (χ0v) is 15.1. The molecular weight excluding hydrogens is 322 g/mol. The van der Waals surface area contributed by atoms with E-state index in [9.17, 15) is 0 Å². The Morgan fingerprint density at radius 2 is 1.88 bits per heavy atom. The van der Waals surface area contributed by atoms with Gasteiger partial charge in [-0.05, 0) is 25.4 Å². The number of nitrogens with one attached hydrogen (secondary N) is 1. The summed E-state index contributed by atoms with van der Waals surface area (Å²) in [6.45, 7) is 4.06. The predicted octanol–water partition coefficient (Wildman–Crippen LogP) is 2.70. The van der Waals surface area contributed by atoms with Crippen molar-refractivity contribution in [1.29, 1.82) is 0 Å². The van der Waals surface area contributed by atoms with Crippen LogP contribution in [0, 0.1) is 0 Å². The molecule has 0 radical (unpaired) electrons. The average Bonchev–Trinajstić information content (AvgIpc) is 2.62. The van der Waals surface area contributed by atoms with Crippen LogP contribution in [-0.2, 0) is 0 Å². The Labute approximate surface area is 147 Å². The topological polar surface area (TPSA) is 53.5 Å². The number of hydrogen-bond donors (Lipinski definition) is 1. The van der Waals surface area contributed by atoms with Crippen LogP contribution in [-0.4, -0.2) is 61.5 Å². The molecule has 0 aliphatic carbocycles. The second-order valence-electron chi connectivity index (χ2n) is 5.71. The number of methoxy groups -OCH3 is 1. The third-order valence-corrected chi connectivity index (χ3v) is 4.62. The van der Waals surface area contributed by atoms with Gasteiger partial charge in [0.05, 0.1) is 12.8 Å². The van der Waals surface area contributed by atoms with Gasteiger partial charge in [0, 0.05) is 32.2 Å². The molecule has 1 N–H and O–H groups in total. The van der Waals surface area contributed by atoms with Gasteiger partial charge < -0.3 is 19.9 Å². The van der Waals surface area contributed by atoms with E-state index >= 15 is 0 Å². The number of thioether (sulfide) groups is 1. The third kappa shape index (κ3) is 3.91. The molecule has 0 unspecified atom stereocenters. The minimum atomic E-state index is 0.767. The first-order chi connectivity index (χ1) is 11.7. The Hall–Kier alpha value is -1.99. The molecule has 7 heteroatoms. The van der Waals surface area contributed by atoms with E-state index in [0.717, 1.165) is 54.4 Å². The lowest BCUT2D eigenvalue weighted by Gasteiger charge is -2.33. The van der Waals surface area contributed by atoms with E-state index in [-0.39, 0.29) is 0 Å². The van der Waals surface area contributed by atoms with Crippen LogP contribution in [0.15, 0.2) is 35.5 Å². The van der Waals surface area contributed by atoms with Gasteiger partial charge in [-0.15, -0.1) is 0 Å². The molecule has 2 heterocycles. The van der Waals surface area contributed by atoms with Gasteiger partial charge in [-0.3, -0.25) is 0 Å². The van der Waals surface area contributed by atoms with Crippen LogP contribution in [0.25, 0.3) is 0 Å². The van der Waals surface area contributed by atoms with Crippen LogP contribution in [0.5, 0.6) is 5.75 Å². The summed E-state index contributed by atoms with van der Waals surface area (Å²) in [5.41, 5.74) is 0.898. The average molecular weight is 345 g/mol. The highest BCUT2D eigenvalue weighted by Gasteiger charge is 2.17. The fourth-order valence-electron chi connectivity index (χ4n) is 2.65. The molecule has 1 saturated heterocycles. The number of para-hydroxylation sites is 2. The molecule has 1 aromatic heterocycles. The fraction of sp³-hybridized carbons (Fsp3) is 0.412. The molecular formula is C17H23N5OS. The van der Waals surface area contributed by atoms with Gasteiger partial charge in [0.25, 0.3) is 0 Å². The summed E-state index contributed by atoms with van der Waals surface area (Å²) in [5, 5.41) is 4.13. The van der Waals surface area contributed by atoms with Crippen molar-refractivity contribution in [1.82, 2.24) is 14.9 Å². The van der Waals surface area contributed by atoms with E-state index in [2.05, 4.69) is 32.1 Å². The second-order valence-corrected chi connectivity index (χ2v) is 6.49. The smallest absolute Gasteiger partial charge is 0.191 e. The third-order valence-electron chi connectivity index (χ3n) is 4.07. The van der Waals surface area contributed by atoms with E-state index < -0.39 is 0 Å². The van der Waals surface area contributed by atoms with Crippen LogP contribution in [0.3, 0.4) is 0 Å². The van der Waals surface area contributed by atoms with Gasteiger partial charge in [-0.25, -0.2) is 9.97 Å². The summed E-state index contributed by atoms with van der Waals surface area (Å²) in [7, 11) is 3.82. The van der Waals surface area contributed by atoms with Crippen molar-refractivity contribution >= 4 is 29.1 Å². The molecule has 1 aliphatic heterocycles. The first kappa shape index (κ1) is 16.9. The van der Waals surface area contributed by atoms with Gasteiger partial charge in [-0.2, -0.15) is 0 Å². The lowest BCUT2D eigenvalue weighted by atomic mass is 10.3. The van der Waals surface area contributed by atoms with Crippen LogP contribution in [0.2, 0.25) is 0 Å². The number of anilines is 3. The summed E-state index contributed by atoms with van der Waals surface area (Å²) in [6, 6.07) is 9.85. The fourth-order valence-corrected chi connectivity index (χ4v) is 3.03. The highest BCUT2D eigenvalue weighted by molar-refractivity contribution is 7.98. The van der Waals surface area contributed by atoms with Crippen molar-refractivity contribution in [2.45, 2.75) is 5.16 Å². The van der Waals surface area contributed by atoms with Gasteiger partial charge >= 0.3 is 0 Å². The lowest BCUT2D eigenvalue weighted by Crippen LogP contribution is -2.44. The van der Waals surface area contributed by atoms with Crippen LogP contribution in [0.1, 0.15) is 0 Å². The van der Waals surface area contributed by atoms with Gasteiger partial charge in [-0.1, -0.05) is 23.9 Å². The van der Waals surface area contributed by atoms with Crippen molar-refractivity contribution in [3.8, 4) is 5.75 Å². The Morgan fingerprint density at radius 1 is 1.12 bits per heavy atom. The highest BCUT2D eigenvalue weighted by Crippen LogP contribution is 2.28. The van der Waals surface area contributed by atoms with Gasteiger partial charge in [0.2, 0.25) is 0 Å². The molecule has 3 rings (SSSR count). The summed E-state index contributed by atoms with van der Waals surface area (Å²) >= 11 is 1.55. The van der Waals surface area contributed by atoms with Gasteiger partial charge in [0.1, 0.15) is 17.4 Å². The number of likely N-dealkylation sites (N-methyl/N-ethyl adjacent to an activating group) is 1. The second kappa shape index (κ2) is 7.72. The van der Waals surface area contributed by atoms with Crippen molar-refractivity contribution in [3.63, 3.8) is 0 Å². The zero-order valence-electron chi connectivity index (χ0n) is 14.3. The summed E-state index contributed by atoms with van der Waals surface area (Å²) in [4.78, 5) is 13.9. The number of rotatable bonds is 5. The molecule has 24 heavy (non-hydrogen) atoms. The first-order valence-corrected chi connectivity index (χ1v) is 9.18. The summed E-state index contributed by atoms with van der Waals surface area (Å²) in [5.74, 6) is 2.55. The molecule has 1 fully saturated rings. The molecule has 0 saturated carbocycles. The van der Waals surface area contributed by atoms with Crippen LogP contribution < -0.4 is 15.0 Å². The number of piperazine rings is 1. The minimum Gasteiger partial charge on any atom is -0.495 e. The number of ether oxygens (including phenoxy) is 1. The Bertz CT molecular complexity index is 688. The zero-order chi connectivity index (χ0) is 16.9. The predicted molar refractivity (Wildman–Crippen MR) is 99.8 cm³/mol. The molecule has 1 aliphatic rings. The highest BCUT2D eigenvalue weighted by atomic mass is 32.2. The normalized spacial score (nSPS) is 15.4. The summed E-state index contributed by atoms with van der Waals surface area (Å²) in [6.07, 6.45) is 2.00. The summed E-state index contributed by atoms with van der Waals surface area (Å²) < 4.78 is 5.41. The molecule has 6 nitrogen and oxygen atoms in total. The quantitative estimate of drug-likeness (QED) is 0.660. The Balaban J connectivity index is 1.86. The van der Waals surface area contributed by atoms with E-state index in [0.29, 0.717) is 0 Å². The Kier molecular flexibility index (Phi) is 5.42. The van der Waals surface area contributed by atoms with Crippen molar-refractivity contribution in [3.05, 3.63) is 30.3 Å². The molecule has 0 spiro atoms. The maximum Gasteiger partial charge on any atom is 0.191 e. The van der Waals surface area contributed by atoms with E-state index in [1.807, 2.05) is 36.6 Å². The standard InChI is InChI=1S/C17H23N5OS/c1-21-8-10-22(11-9-21)16-12-15(19-17(20-16)24-3)18-13-6-4-5-7-14(13)23-2/h4-7,12H,8-11H2,1-3H3,(H,18,19,20).